The minimum atomic E-state index is -0.793. The number of aryl methyl sites for hydroxylation is 1. The maximum absolute atomic E-state index is 10.6. The standard InChI is InChI=1S/C15H19BrClN3O/c1-10-4-5-11(8-12(10)16)15(21)14-13(17)9-18-20(14)7-6-19(2)3/h4-5,8-9,15,21H,6-7H2,1-3H3. The molecule has 21 heavy (non-hydrogen) atoms. The van der Waals surface area contributed by atoms with Crippen LogP contribution in [0, 0.1) is 6.92 Å². The molecule has 1 heterocycles. The lowest BCUT2D eigenvalue weighted by Crippen LogP contribution is -2.21. The summed E-state index contributed by atoms with van der Waals surface area (Å²) in [5.41, 5.74) is 2.55. The molecule has 0 saturated carbocycles. The Hall–Kier alpha value is -0.880. The zero-order valence-electron chi connectivity index (χ0n) is 12.3. The van der Waals surface area contributed by atoms with E-state index in [4.69, 9.17) is 11.6 Å². The summed E-state index contributed by atoms with van der Waals surface area (Å²) in [7, 11) is 4.00. The Bertz CT molecular complexity index is 627. The second kappa shape index (κ2) is 6.92. The number of hydrogen-bond acceptors (Lipinski definition) is 3. The van der Waals surface area contributed by atoms with Gasteiger partial charge in [-0.1, -0.05) is 39.7 Å². The first-order valence-electron chi connectivity index (χ1n) is 6.70. The lowest BCUT2D eigenvalue weighted by molar-refractivity contribution is 0.205. The normalized spacial score (nSPS) is 12.9. The monoisotopic (exact) mass is 371 g/mol. The molecule has 0 aliphatic rings. The number of hydrogen-bond donors (Lipinski definition) is 1. The van der Waals surface area contributed by atoms with Crippen molar-refractivity contribution in [2.24, 2.45) is 0 Å². The van der Waals surface area contributed by atoms with Crippen molar-refractivity contribution in [1.29, 1.82) is 0 Å². The predicted molar refractivity (Wildman–Crippen MR) is 88.7 cm³/mol. The molecule has 2 rings (SSSR count). The Morgan fingerprint density at radius 2 is 2.14 bits per heavy atom. The van der Waals surface area contributed by atoms with E-state index in [2.05, 4.69) is 25.9 Å². The molecule has 1 atom stereocenters. The van der Waals surface area contributed by atoms with Gasteiger partial charge in [0, 0.05) is 11.0 Å². The molecule has 1 N–H and O–H groups in total. The van der Waals surface area contributed by atoms with Crippen molar-refractivity contribution < 1.29 is 5.11 Å². The van der Waals surface area contributed by atoms with Gasteiger partial charge in [-0.15, -0.1) is 0 Å². The summed E-state index contributed by atoms with van der Waals surface area (Å²) in [4.78, 5) is 2.06. The van der Waals surface area contributed by atoms with Crippen LogP contribution < -0.4 is 0 Å². The number of aliphatic hydroxyl groups excluding tert-OH is 1. The molecule has 114 valence electrons. The van der Waals surface area contributed by atoms with Crippen molar-refractivity contribution in [3.63, 3.8) is 0 Å². The average molecular weight is 373 g/mol. The van der Waals surface area contributed by atoms with Crippen LogP contribution in [0.4, 0.5) is 0 Å². The zero-order chi connectivity index (χ0) is 15.6. The van der Waals surface area contributed by atoms with Crippen LogP contribution in [-0.2, 0) is 6.54 Å². The lowest BCUT2D eigenvalue weighted by atomic mass is 10.0. The molecular formula is C15H19BrClN3O. The van der Waals surface area contributed by atoms with Crippen LogP contribution >= 0.6 is 27.5 Å². The van der Waals surface area contributed by atoms with E-state index in [0.717, 1.165) is 22.1 Å². The summed E-state index contributed by atoms with van der Waals surface area (Å²) in [6, 6.07) is 5.79. The quantitative estimate of drug-likeness (QED) is 0.876. The summed E-state index contributed by atoms with van der Waals surface area (Å²) < 4.78 is 2.73. The fourth-order valence-corrected chi connectivity index (χ4v) is 2.69. The van der Waals surface area contributed by atoms with E-state index in [1.807, 2.05) is 39.2 Å². The average Bonchev–Trinajstić information content (AvgIpc) is 2.80. The topological polar surface area (TPSA) is 41.3 Å². The largest absolute Gasteiger partial charge is 0.382 e. The molecule has 1 aromatic carbocycles. The number of aromatic nitrogens is 2. The molecule has 0 aliphatic heterocycles. The van der Waals surface area contributed by atoms with Gasteiger partial charge in [-0.25, -0.2) is 0 Å². The summed E-state index contributed by atoms with van der Waals surface area (Å²) in [6.45, 7) is 3.52. The van der Waals surface area contributed by atoms with Crippen LogP contribution in [0.2, 0.25) is 5.02 Å². The number of nitrogens with zero attached hydrogens (tertiary/aromatic N) is 3. The van der Waals surface area contributed by atoms with E-state index in [1.54, 1.807) is 10.9 Å². The maximum atomic E-state index is 10.6. The molecule has 0 radical (unpaired) electrons. The van der Waals surface area contributed by atoms with Gasteiger partial charge in [0.1, 0.15) is 6.10 Å². The van der Waals surface area contributed by atoms with Gasteiger partial charge in [0.25, 0.3) is 0 Å². The Balaban J connectivity index is 2.31. The van der Waals surface area contributed by atoms with Crippen molar-refractivity contribution in [1.82, 2.24) is 14.7 Å². The third kappa shape index (κ3) is 3.86. The van der Waals surface area contributed by atoms with E-state index in [-0.39, 0.29) is 0 Å². The van der Waals surface area contributed by atoms with Gasteiger partial charge in [-0.2, -0.15) is 5.10 Å². The highest BCUT2D eigenvalue weighted by molar-refractivity contribution is 9.10. The molecule has 6 heteroatoms. The Morgan fingerprint density at radius 1 is 1.43 bits per heavy atom. The third-order valence-electron chi connectivity index (χ3n) is 3.36. The number of halogens is 2. The number of benzene rings is 1. The highest BCUT2D eigenvalue weighted by atomic mass is 79.9. The zero-order valence-corrected chi connectivity index (χ0v) is 14.7. The van der Waals surface area contributed by atoms with Gasteiger partial charge in [0.05, 0.1) is 23.5 Å². The van der Waals surface area contributed by atoms with Crippen LogP contribution in [0.3, 0.4) is 0 Å². The molecule has 0 bridgehead atoms. The fourth-order valence-electron chi connectivity index (χ4n) is 2.05. The summed E-state index contributed by atoms with van der Waals surface area (Å²) >= 11 is 9.70. The first-order chi connectivity index (χ1) is 9.90. The highest BCUT2D eigenvalue weighted by Gasteiger charge is 2.20. The summed E-state index contributed by atoms with van der Waals surface area (Å²) in [5.74, 6) is 0. The van der Waals surface area contributed by atoms with Crippen LogP contribution in [0.15, 0.2) is 28.9 Å². The molecule has 4 nitrogen and oxygen atoms in total. The van der Waals surface area contributed by atoms with Crippen molar-refractivity contribution in [2.75, 3.05) is 20.6 Å². The van der Waals surface area contributed by atoms with E-state index in [0.29, 0.717) is 17.3 Å². The second-order valence-electron chi connectivity index (χ2n) is 5.32. The first kappa shape index (κ1) is 16.5. The Kier molecular flexibility index (Phi) is 5.43. The number of rotatable bonds is 5. The number of aliphatic hydroxyl groups is 1. The van der Waals surface area contributed by atoms with Crippen molar-refractivity contribution in [2.45, 2.75) is 19.6 Å². The lowest BCUT2D eigenvalue weighted by Gasteiger charge is -2.17. The highest BCUT2D eigenvalue weighted by Crippen LogP contribution is 2.30. The number of likely N-dealkylation sites (N-methyl/N-ethyl adjacent to an activating group) is 1. The van der Waals surface area contributed by atoms with Crippen LogP contribution in [-0.4, -0.2) is 40.4 Å². The van der Waals surface area contributed by atoms with Gasteiger partial charge < -0.3 is 10.0 Å². The first-order valence-corrected chi connectivity index (χ1v) is 7.87. The van der Waals surface area contributed by atoms with E-state index < -0.39 is 6.10 Å². The molecule has 0 saturated heterocycles. The van der Waals surface area contributed by atoms with Gasteiger partial charge in [0.15, 0.2) is 0 Å². The van der Waals surface area contributed by atoms with Gasteiger partial charge >= 0.3 is 0 Å². The van der Waals surface area contributed by atoms with Crippen molar-refractivity contribution in [3.8, 4) is 0 Å². The Morgan fingerprint density at radius 3 is 2.76 bits per heavy atom. The fraction of sp³-hybridized carbons (Fsp3) is 0.400. The van der Waals surface area contributed by atoms with Crippen LogP contribution in [0.25, 0.3) is 0 Å². The Labute approximate surface area is 138 Å². The minimum Gasteiger partial charge on any atom is -0.382 e. The van der Waals surface area contributed by atoms with Crippen LogP contribution in [0.1, 0.15) is 22.9 Å². The summed E-state index contributed by atoms with van der Waals surface area (Å²) in [6.07, 6.45) is 0.790. The molecule has 0 aliphatic carbocycles. The van der Waals surface area contributed by atoms with Gasteiger partial charge in [-0.05, 0) is 38.2 Å². The summed E-state index contributed by atoms with van der Waals surface area (Å²) in [5, 5.41) is 15.4. The molecule has 1 aromatic heterocycles. The van der Waals surface area contributed by atoms with Gasteiger partial charge in [-0.3, -0.25) is 4.68 Å². The van der Waals surface area contributed by atoms with Crippen molar-refractivity contribution >= 4 is 27.5 Å². The molecule has 1 unspecified atom stereocenters. The maximum Gasteiger partial charge on any atom is 0.122 e. The smallest absolute Gasteiger partial charge is 0.122 e. The minimum absolute atomic E-state index is 0.484. The molecule has 0 spiro atoms. The SMILES string of the molecule is Cc1ccc(C(O)c2c(Cl)cnn2CCN(C)C)cc1Br. The van der Waals surface area contributed by atoms with E-state index in [1.165, 1.54) is 0 Å². The molecule has 0 fully saturated rings. The van der Waals surface area contributed by atoms with E-state index >= 15 is 0 Å². The van der Waals surface area contributed by atoms with E-state index in [9.17, 15) is 5.11 Å². The molecule has 0 amide bonds. The predicted octanol–water partition coefficient (Wildman–Crippen LogP) is 3.25. The van der Waals surface area contributed by atoms with Gasteiger partial charge in [0.2, 0.25) is 0 Å². The third-order valence-corrected chi connectivity index (χ3v) is 4.51. The molecule has 2 aromatic rings. The van der Waals surface area contributed by atoms with Crippen LogP contribution in [0.5, 0.6) is 0 Å². The second-order valence-corrected chi connectivity index (χ2v) is 6.58. The van der Waals surface area contributed by atoms with Crippen molar-refractivity contribution in [3.05, 3.63) is 50.7 Å². The molecular weight excluding hydrogens is 354 g/mol.